The molecule has 3 aromatic rings. The molecule has 28 heavy (non-hydrogen) atoms. The maximum atomic E-state index is 13.1. The Hall–Kier alpha value is -3.41. The number of carbonyl (C=O) groups excluding carboxylic acids is 2. The Morgan fingerprint density at radius 3 is 2.39 bits per heavy atom. The van der Waals surface area contributed by atoms with E-state index in [2.05, 4.69) is 5.10 Å². The Kier molecular flexibility index (Phi) is 4.47. The molecule has 1 aliphatic heterocycles. The molecule has 2 atom stereocenters. The number of amides is 1. The molecule has 4 rings (SSSR count). The average molecular weight is 375 g/mol. The van der Waals surface area contributed by atoms with Crippen LogP contribution in [0.4, 0.5) is 0 Å². The molecule has 6 heteroatoms. The Balaban J connectivity index is 1.87. The van der Waals surface area contributed by atoms with Gasteiger partial charge >= 0.3 is 5.97 Å². The molecule has 0 bridgehead atoms. The third-order valence-corrected chi connectivity index (χ3v) is 5.19. The van der Waals surface area contributed by atoms with Crippen molar-refractivity contribution < 1.29 is 14.3 Å². The van der Waals surface area contributed by atoms with Gasteiger partial charge in [-0.2, -0.15) is 5.10 Å². The summed E-state index contributed by atoms with van der Waals surface area (Å²) < 4.78 is 6.59. The maximum Gasteiger partial charge on any atom is 0.333 e. The standard InChI is InChI=1S/C22H21N3O3/c1-14-9-11-15(12-10-14)17-13-18-21(26)24(2)19(16-7-5-4-6-8-16)20(22(27)28-3)25(18)23-17/h4-13,19-20H,1-3H3/t19-,20+/m1/s1. The second-order valence-electron chi connectivity index (χ2n) is 6.96. The number of hydrogen-bond acceptors (Lipinski definition) is 4. The first-order chi connectivity index (χ1) is 13.5. The van der Waals surface area contributed by atoms with E-state index in [1.54, 1.807) is 18.0 Å². The summed E-state index contributed by atoms with van der Waals surface area (Å²) in [6, 6.07) is 17.9. The minimum absolute atomic E-state index is 0.181. The molecular weight excluding hydrogens is 354 g/mol. The van der Waals surface area contributed by atoms with E-state index in [0.717, 1.165) is 16.7 Å². The quantitative estimate of drug-likeness (QED) is 0.658. The van der Waals surface area contributed by atoms with E-state index in [4.69, 9.17) is 4.74 Å². The molecule has 2 heterocycles. The highest BCUT2D eigenvalue weighted by atomic mass is 16.5. The van der Waals surface area contributed by atoms with Gasteiger partial charge in [-0.15, -0.1) is 0 Å². The van der Waals surface area contributed by atoms with Crippen molar-refractivity contribution in [2.24, 2.45) is 0 Å². The van der Waals surface area contributed by atoms with Crippen LogP contribution in [0.1, 0.15) is 33.7 Å². The van der Waals surface area contributed by atoms with Gasteiger partial charge in [-0.1, -0.05) is 60.2 Å². The van der Waals surface area contributed by atoms with Crippen LogP contribution >= 0.6 is 0 Å². The van der Waals surface area contributed by atoms with Crippen LogP contribution in [-0.4, -0.2) is 40.7 Å². The smallest absolute Gasteiger partial charge is 0.333 e. The highest BCUT2D eigenvalue weighted by Gasteiger charge is 2.44. The van der Waals surface area contributed by atoms with Gasteiger partial charge in [-0.3, -0.25) is 4.79 Å². The van der Waals surface area contributed by atoms with Gasteiger partial charge in [-0.05, 0) is 18.6 Å². The van der Waals surface area contributed by atoms with E-state index in [0.29, 0.717) is 11.4 Å². The van der Waals surface area contributed by atoms with Gasteiger partial charge in [0.2, 0.25) is 0 Å². The molecule has 6 nitrogen and oxygen atoms in total. The van der Waals surface area contributed by atoms with E-state index in [1.165, 1.54) is 11.8 Å². The number of ether oxygens (including phenoxy) is 1. The van der Waals surface area contributed by atoms with Crippen LogP contribution < -0.4 is 0 Å². The SMILES string of the molecule is COC(=O)[C@@H]1[C@@H](c2ccccc2)N(C)C(=O)c2cc(-c3ccc(C)cc3)nn21. The van der Waals surface area contributed by atoms with Crippen molar-refractivity contribution in [1.29, 1.82) is 0 Å². The van der Waals surface area contributed by atoms with Crippen LogP contribution in [0.2, 0.25) is 0 Å². The van der Waals surface area contributed by atoms with Gasteiger partial charge in [0.25, 0.3) is 5.91 Å². The first-order valence-corrected chi connectivity index (χ1v) is 9.08. The first-order valence-electron chi connectivity index (χ1n) is 9.08. The fourth-order valence-electron chi connectivity index (χ4n) is 3.69. The number of methoxy groups -OCH3 is 1. The number of rotatable bonds is 3. The number of aromatic nitrogens is 2. The van der Waals surface area contributed by atoms with Crippen molar-refractivity contribution >= 4 is 11.9 Å². The Bertz CT molecular complexity index is 1020. The molecule has 1 amide bonds. The lowest BCUT2D eigenvalue weighted by atomic mass is 9.95. The van der Waals surface area contributed by atoms with Crippen LogP contribution in [0, 0.1) is 6.92 Å². The van der Waals surface area contributed by atoms with Crippen LogP contribution in [0.5, 0.6) is 0 Å². The predicted molar refractivity (Wildman–Crippen MR) is 105 cm³/mol. The highest BCUT2D eigenvalue weighted by Crippen LogP contribution is 2.39. The Labute approximate surface area is 163 Å². The molecule has 0 fully saturated rings. The molecule has 0 radical (unpaired) electrons. The molecule has 0 spiro atoms. The van der Waals surface area contributed by atoms with E-state index >= 15 is 0 Å². The third kappa shape index (κ3) is 2.87. The van der Waals surface area contributed by atoms with Crippen molar-refractivity contribution in [3.8, 4) is 11.3 Å². The summed E-state index contributed by atoms with van der Waals surface area (Å²) in [6.45, 7) is 2.01. The normalized spacial score (nSPS) is 18.7. The molecule has 2 aromatic carbocycles. The molecule has 0 saturated heterocycles. The number of nitrogens with zero attached hydrogens (tertiary/aromatic N) is 3. The summed E-state index contributed by atoms with van der Waals surface area (Å²) in [5.41, 5.74) is 3.91. The fourth-order valence-corrected chi connectivity index (χ4v) is 3.69. The largest absolute Gasteiger partial charge is 0.467 e. The van der Waals surface area contributed by atoms with E-state index in [1.807, 2.05) is 61.5 Å². The molecule has 0 aliphatic carbocycles. The van der Waals surface area contributed by atoms with E-state index in [-0.39, 0.29) is 5.91 Å². The zero-order chi connectivity index (χ0) is 19.8. The number of likely N-dealkylation sites (N-methyl/N-ethyl adjacent to an activating group) is 1. The fraction of sp³-hybridized carbons (Fsp3) is 0.227. The second kappa shape index (κ2) is 6.96. The summed E-state index contributed by atoms with van der Waals surface area (Å²) in [7, 11) is 3.06. The van der Waals surface area contributed by atoms with Crippen molar-refractivity contribution in [3.05, 3.63) is 77.5 Å². The van der Waals surface area contributed by atoms with Gasteiger partial charge in [0, 0.05) is 12.6 Å². The summed E-state index contributed by atoms with van der Waals surface area (Å²) >= 11 is 0. The van der Waals surface area contributed by atoms with Crippen molar-refractivity contribution in [3.63, 3.8) is 0 Å². The number of hydrogen-bond donors (Lipinski definition) is 0. The van der Waals surface area contributed by atoms with Crippen molar-refractivity contribution in [2.75, 3.05) is 14.2 Å². The number of benzene rings is 2. The molecule has 0 saturated carbocycles. The number of aryl methyl sites for hydroxylation is 1. The number of esters is 1. The Morgan fingerprint density at radius 1 is 1.07 bits per heavy atom. The topological polar surface area (TPSA) is 64.4 Å². The minimum Gasteiger partial charge on any atom is -0.467 e. The zero-order valence-corrected chi connectivity index (χ0v) is 16.0. The molecule has 142 valence electrons. The van der Waals surface area contributed by atoms with Crippen molar-refractivity contribution in [1.82, 2.24) is 14.7 Å². The molecule has 0 unspecified atom stereocenters. The van der Waals surface area contributed by atoms with Gasteiger partial charge in [0.05, 0.1) is 18.8 Å². The lowest BCUT2D eigenvalue weighted by Gasteiger charge is -2.38. The second-order valence-corrected chi connectivity index (χ2v) is 6.96. The van der Waals surface area contributed by atoms with Crippen molar-refractivity contribution in [2.45, 2.75) is 19.0 Å². The molecular formula is C22H21N3O3. The predicted octanol–water partition coefficient (Wildman–Crippen LogP) is 3.40. The van der Waals surface area contributed by atoms with Crippen LogP contribution in [0.15, 0.2) is 60.7 Å². The minimum atomic E-state index is -0.760. The van der Waals surface area contributed by atoms with E-state index in [9.17, 15) is 9.59 Å². The summed E-state index contributed by atoms with van der Waals surface area (Å²) in [4.78, 5) is 27.4. The monoisotopic (exact) mass is 375 g/mol. The molecule has 0 N–H and O–H groups in total. The highest BCUT2D eigenvalue weighted by molar-refractivity contribution is 5.96. The Morgan fingerprint density at radius 2 is 1.75 bits per heavy atom. The zero-order valence-electron chi connectivity index (χ0n) is 16.0. The first kappa shape index (κ1) is 18.0. The van der Waals surface area contributed by atoms with Crippen LogP contribution in [0.25, 0.3) is 11.3 Å². The number of carbonyl (C=O) groups is 2. The molecule has 1 aromatic heterocycles. The van der Waals surface area contributed by atoms with Gasteiger partial charge < -0.3 is 9.64 Å². The maximum absolute atomic E-state index is 13.1. The van der Waals surface area contributed by atoms with E-state index < -0.39 is 18.1 Å². The lowest BCUT2D eigenvalue weighted by Crippen LogP contribution is -2.46. The summed E-state index contributed by atoms with van der Waals surface area (Å²) in [5.74, 6) is -0.618. The van der Waals surface area contributed by atoms with Crippen LogP contribution in [0.3, 0.4) is 0 Å². The number of fused-ring (bicyclic) bond motifs is 1. The summed E-state index contributed by atoms with van der Waals surface area (Å²) in [5, 5.41) is 4.63. The van der Waals surface area contributed by atoms with Gasteiger partial charge in [0.15, 0.2) is 6.04 Å². The average Bonchev–Trinajstić information content (AvgIpc) is 3.16. The van der Waals surface area contributed by atoms with Gasteiger partial charge in [0.1, 0.15) is 5.69 Å². The third-order valence-electron chi connectivity index (χ3n) is 5.19. The summed E-state index contributed by atoms with van der Waals surface area (Å²) in [6.07, 6.45) is 0. The van der Waals surface area contributed by atoms with Crippen LogP contribution in [-0.2, 0) is 9.53 Å². The lowest BCUT2D eigenvalue weighted by molar-refractivity contribution is -0.147. The molecule has 1 aliphatic rings. The van der Waals surface area contributed by atoms with Gasteiger partial charge in [-0.25, -0.2) is 9.48 Å².